The van der Waals surface area contributed by atoms with E-state index in [0.29, 0.717) is 6.42 Å². The lowest BCUT2D eigenvalue weighted by atomic mass is 10.2. The summed E-state index contributed by atoms with van der Waals surface area (Å²) in [5, 5.41) is 9.56. The van der Waals surface area contributed by atoms with Crippen LogP contribution in [0.15, 0.2) is 30.5 Å². The third-order valence-corrected chi connectivity index (χ3v) is 3.54. The van der Waals surface area contributed by atoms with Crippen LogP contribution >= 0.6 is 11.3 Å². The van der Waals surface area contributed by atoms with Gasteiger partial charge in [-0.2, -0.15) is 0 Å². The highest BCUT2D eigenvalue weighted by Crippen LogP contribution is 2.25. The van der Waals surface area contributed by atoms with Gasteiger partial charge in [-0.15, -0.1) is 11.3 Å². The number of nitrogens with zero attached hydrogens (tertiary/aromatic N) is 1. The summed E-state index contributed by atoms with van der Waals surface area (Å²) in [6, 6.07) is 8.17. The molecule has 1 heterocycles. The summed E-state index contributed by atoms with van der Waals surface area (Å²) < 4.78 is 0. The molecule has 0 spiro atoms. The molecular formula is C13H13NO2S. The molecule has 0 bridgehead atoms. The van der Waals surface area contributed by atoms with Gasteiger partial charge in [-0.1, -0.05) is 29.8 Å². The van der Waals surface area contributed by atoms with Gasteiger partial charge in [0.25, 0.3) is 0 Å². The molecule has 1 aromatic heterocycles. The molecule has 4 heteroatoms. The first-order valence-corrected chi connectivity index (χ1v) is 6.20. The number of hydrogen-bond acceptors (Lipinski definition) is 3. The van der Waals surface area contributed by atoms with Gasteiger partial charge in [-0.05, 0) is 13.3 Å². The Morgan fingerprint density at radius 3 is 2.71 bits per heavy atom. The molecule has 1 aromatic carbocycles. The highest BCUT2D eigenvalue weighted by atomic mass is 32.1. The maximum Gasteiger partial charge on any atom is 0.303 e. The smallest absolute Gasteiger partial charge is 0.303 e. The molecule has 0 unspecified atom stereocenters. The largest absolute Gasteiger partial charge is 0.481 e. The van der Waals surface area contributed by atoms with Crippen LogP contribution in [0.25, 0.3) is 10.6 Å². The molecule has 2 aromatic rings. The Hall–Kier alpha value is -1.68. The number of thiazole rings is 1. The van der Waals surface area contributed by atoms with E-state index in [-0.39, 0.29) is 6.42 Å². The maximum absolute atomic E-state index is 10.5. The van der Waals surface area contributed by atoms with Crippen molar-refractivity contribution in [3.05, 3.63) is 40.9 Å². The summed E-state index contributed by atoms with van der Waals surface area (Å²) in [5.74, 6) is -0.768. The zero-order valence-corrected chi connectivity index (χ0v) is 10.3. The molecule has 0 saturated heterocycles. The minimum Gasteiger partial charge on any atom is -0.481 e. The highest BCUT2D eigenvalue weighted by Gasteiger charge is 2.06. The average molecular weight is 247 g/mol. The molecule has 0 fully saturated rings. The fourth-order valence-corrected chi connectivity index (χ4v) is 2.40. The van der Waals surface area contributed by atoms with Crippen molar-refractivity contribution in [2.24, 2.45) is 0 Å². The van der Waals surface area contributed by atoms with Crippen molar-refractivity contribution in [2.45, 2.75) is 19.8 Å². The van der Waals surface area contributed by atoms with Crippen LogP contribution in [0.1, 0.15) is 16.9 Å². The predicted molar refractivity (Wildman–Crippen MR) is 68.2 cm³/mol. The molecule has 0 aliphatic carbocycles. The summed E-state index contributed by atoms with van der Waals surface area (Å²) >= 11 is 1.56. The molecule has 0 aliphatic rings. The SMILES string of the molecule is Cc1ccc(-c2ncc(CCC(=O)O)s2)cc1. The average Bonchev–Trinajstić information content (AvgIpc) is 2.76. The van der Waals surface area contributed by atoms with Gasteiger partial charge < -0.3 is 5.11 Å². The van der Waals surface area contributed by atoms with Gasteiger partial charge in [0.05, 0.1) is 6.42 Å². The van der Waals surface area contributed by atoms with Crippen molar-refractivity contribution < 1.29 is 9.90 Å². The topological polar surface area (TPSA) is 50.2 Å². The first-order chi connectivity index (χ1) is 8.15. The van der Waals surface area contributed by atoms with E-state index in [0.717, 1.165) is 15.4 Å². The van der Waals surface area contributed by atoms with Crippen LogP contribution < -0.4 is 0 Å². The number of carboxylic acid groups (broad SMARTS) is 1. The second-order valence-electron chi connectivity index (χ2n) is 3.89. The van der Waals surface area contributed by atoms with Crippen molar-refractivity contribution in [3.63, 3.8) is 0 Å². The molecule has 0 radical (unpaired) electrons. The minimum absolute atomic E-state index is 0.162. The number of hydrogen-bond donors (Lipinski definition) is 1. The molecule has 3 nitrogen and oxygen atoms in total. The van der Waals surface area contributed by atoms with Crippen LogP contribution in [0.2, 0.25) is 0 Å². The van der Waals surface area contributed by atoms with Crippen LogP contribution in [0.4, 0.5) is 0 Å². The second-order valence-corrected chi connectivity index (χ2v) is 5.01. The third-order valence-electron chi connectivity index (χ3n) is 2.44. The van der Waals surface area contributed by atoms with Crippen molar-refractivity contribution in [1.29, 1.82) is 0 Å². The van der Waals surface area contributed by atoms with Gasteiger partial charge in [-0.25, -0.2) is 4.98 Å². The van der Waals surface area contributed by atoms with E-state index in [4.69, 9.17) is 5.11 Å². The monoisotopic (exact) mass is 247 g/mol. The molecule has 1 N–H and O–H groups in total. The molecular weight excluding hydrogens is 234 g/mol. The van der Waals surface area contributed by atoms with E-state index >= 15 is 0 Å². The first-order valence-electron chi connectivity index (χ1n) is 5.38. The fourth-order valence-electron chi connectivity index (χ4n) is 1.48. The summed E-state index contributed by atoms with van der Waals surface area (Å²) in [7, 11) is 0. The van der Waals surface area contributed by atoms with E-state index in [1.807, 2.05) is 31.2 Å². The lowest BCUT2D eigenvalue weighted by Gasteiger charge is -1.96. The zero-order valence-electron chi connectivity index (χ0n) is 9.51. The molecule has 0 aliphatic heterocycles. The van der Waals surface area contributed by atoms with Gasteiger partial charge in [-0.3, -0.25) is 4.79 Å². The van der Waals surface area contributed by atoms with Gasteiger partial charge >= 0.3 is 5.97 Å². The van der Waals surface area contributed by atoms with Crippen molar-refractivity contribution in [2.75, 3.05) is 0 Å². The molecule has 17 heavy (non-hydrogen) atoms. The van der Waals surface area contributed by atoms with E-state index < -0.39 is 5.97 Å². The van der Waals surface area contributed by atoms with Crippen molar-refractivity contribution >= 4 is 17.3 Å². The van der Waals surface area contributed by atoms with Crippen molar-refractivity contribution in [3.8, 4) is 10.6 Å². The zero-order chi connectivity index (χ0) is 12.3. The van der Waals surface area contributed by atoms with Crippen LogP contribution in [0.3, 0.4) is 0 Å². The van der Waals surface area contributed by atoms with Crippen LogP contribution in [0.5, 0.6) is 0 Å². The van der Waals surface area contributed by atoms with Gasteiger partial charge in [0.2, 0.25) is 0 Å². The summed E-state index contributed by atoms with van der Waals surface area (Å²) in [6.07, 6.45) is 2.48. The van der Waals surface area contributed by atoms with E-state index in [2.05, 4.69) is 4.98 Å². The van der Waals surface area contributed by atoms with Gasteiger partial charge in [0.15, 0.2) is 0 Å². The summed E-state index contributed by atoms with van der Waals surface area (Å²) in [6.45, 7) is 2.05. The van der Waals surface area contributed by atoms with Gasteiger partial charge in [0.1, 0.15) is 5.01 Å². The molecule has 0 saturated carbocycles. The lowest BCUT2D eigenvalue weighted by Crippen LogP contribution is -1.95. The minimum atomic E-state index is -0.768. The van der Waals surface area contributed by atoms with Gasteiger partial charge in [0, 0.05) is 16.6 Å². The third kappa shape index (κ3) is 3.14. The Morgan fingerprint density at radius 1 is 1.35 bits per heavy atom. The number of aryl methyl sites for hydroxylation is 2. The Kier molecular flexibility index (Phi) is 3.54. The number of rotatable bonds is 4. The Bertz CT molecular complexity index is 516. The summed E-state index contributed by atoms with van der Waals surface area (Å²) in [4.78, 5) is 15.8. The number of aliphatic carboxylic acids is 1. The molecule has 0 amide bonds. The lowest BCUT2D eigenvalue weighted by molar-refractivity contribution is -0.136. The Labute approximate surface area is 104 Å². The van der Waals surface area contributed by atoms with E-state index in [1.165, 1.54) is 5.56 Å². The molecule has 88 valence electrons. The molecule has 2 rings (SSSR count). The normalized spacial score (nSPS) is 10.4. The number of benzene rings is 1. The highest BCUT2D eigenvalue weighted by molar-refractivity contribution is 7.15. The molecule has 0 atom stereocenters. The van der Waals surface area contributed by atoms with E-state index in [9.17, 15) is 4.79 Å². The Morgan fingerprint density at radius 2 is 2.06 bits per heavy atom. The first kappa shape index (κ1) is 11.8. The number of aromatic nitrogens is 1. The van der Waals surface area contributed by atoms with E-state index in [1.54, 1.807) is 17.5 Å². The Balaban J connectivity index is 2.12. The standard InChI is InChI=1S/C13H13NO2S/c1-9-2-4-10(5-3-9)13-14-8-11(17-13)6-7-12(15)16/h2-5,8H,6-7H2,1H3,(H,15,16). The predicted octanol–water partition coefficient (Wildman–Crippen LogP) is 3.14. The number of carboxylic acids is 1. The maximum atomic E-state index is 10.5. The van der Waals surface area contributed by atoms with Crippen LogP contribution in [-0.2, 0) is 11.2 Å². The van der Waals surface area contributed by atoms with Crippen LogP contribution in [-0.4, -0.2) is 16.1 Å². The van der Waals surface area contributed by atoms with Crippen LogP contribution in [0, 0.1) is 6.92 Å². The van der Waals surface area contributed by atoms with Crippen molar-refractivity contribution in [1.82, 2.24) is 4.98 Å². The number of carbonyl (C=O) groups is 1. The summed E-state index contributed by atoms with van der Waals surface area (Å²) in [5.41, 5.74) is 2.30. The quantitative estimate of drug-likeness (QED) is 0.903. The second kappa shape index (κ2) is 5.10. The fraction of sp³-hybridized carbons (Fsp3) is 0.231.